The van der Waals surface area contributed by atoms with Crippen molar-refractivity contribution in [3.63, 3.8) is 0 Å². The van der Waals surface area contributed by atoms with Crippen LogP contribution >= 0.6 is 0 Å². The molecule has 2 aliphatic rings. The summed E-state index contributed by atoms with van der Waals surface area (Å²) in [4.78, 5) is 16.1. The third kappa shape index (κ3) is 2.46. The molecule has 2 saturated carbocycles. The highest BCUT2D eigenvalue weighted by Crippen LogP contribution is 2.63. The molecule has 108 valence electrons. The van der Waals surface area contributed by atoms with E-state index in [1.807, 2.05) is 20.0 Å². The number of rotatable bonds is 3. The third-order valence-electron chi connectivity index (χ3n) is 5.13. The van der Waals surface area contributed by atoms with Gasteiger partial charge in [0.15, 0.2) is 0 Å². The molecule has 3 rings (SSSR count). The maximum atomic E-state index is 11.8. The van der Waals surface area contributed by atoms with Gasteiger partial charge in [0.05, 0.1) is 12.5 Å². The zero-order valence-corrected chi connectivity index (χ0v) is 12.4. The number of carbonyl (C=O) groups is 1. The Morgan fingerprint density at radius 1 is 1.45 bits per heavy atom. The van der Waals surface area contributed by atoms with Crippen LogP contribution in [-0.2, 0) is 9.53 Å². The van der Waals surface area contributed by atoms with Gasteiger partial charge in [0.25, 0.3) is 0 Å². The van der Waals surface area contributed by atoms with E-state index in [-0.39, 0.29) is 17.3 Å². The number of ether oxygens (including phenoxy) is 1. The van der Waals surface area contributed by atoms with Gasteiger partial charge in [-0.15, -0.1) is 0 Å². The summed E-state index contributed by atoms with van der Waals surface area (Å²) in [6, 6.07) is 4.35. The molecule has 1 atom stereocenters. The van der Waals surface area contributed by atoms with Crippen molar-refractivity contribution < 1.29 is 9.53 Å². The molecule has 1 heterocycles. The molecule has 1 spiro atoms. The Balaban J connectivity index is 1.60. The molecule has 0 radical (unpaired) electrons. The van der Waals surface area contributed by atoms with Gasteiger partial charge in [-0.1, -0.05) is 0 Å². The number of hydrogen-bond acceptors (Lipinski definition) is 3. The molecule has 1 unspecified atom stereocenters. The summed E-state index contributed by atoms with van der Waals surface area (Å²) in [5, 5.41) is 0. The number of hydrogen-bond donors (Lipinski definition) is 0. The van der Waals surface area contributed by atoms with E-state index in [1.54, 1.807) is 0 Å². The number of aromatic nitrogens is 1. The summed E-state index contributed by atoms with van der Waals surface area (Å²) in [7, 11) is 0. The van der Waals surface area contributed by atoms with Crippen LogP contribution in [0.5, 0.6) is 0 Å². The summed E-state index contributed by atoms with van der Waals surface area (Å²) in [6.45, 7) is 4.44. The van der Waals surface area contributed by atoms with Crippen LogP contribution in [-0.4, -0.2) is 17.6 Å². The van der Waals surface area contributed by atoms with Gasteiger partial charge in [-0.2, -0.15) is 0 Å². The van der Waals surface area contributed by atoms with E-state index in [0.717, 1.165) is 12.1 Å². The molecule has 2 aliphatic carbocycles. The molecule has 3 nitrogen and oxygen atoms in total. The summed E-state index contributed by atoms with van der Waals surface area (Å²) < 4.78 is 5.17. The molecule has 0 saturated heterocycles. The molecule has 20 heavy (non-hydrogen) atoms. The van der Waals surface area contributed by atoms with E-state index in [4.69, 9.17) is 4.74 Å². The summed E-state index contributed by atoms with van der Waals surface area (Å²) in [5.74, 6) is 0.860. The van der Waals surface area contributed by atoms with Crippen LogP contribution in [0.2, 0.25) is 0 Å². The fourth-order valence-electron chi connectivity index (χ4n) is 3.82. The second kappa shape index (κ2) is 5.19. The van der Waals surface area contributed by atoms with Crippen molar-refractivity contribution in [2.75, 3.05) is 6.61 Å². The predicted octanol–water partition coefficient (Wildman–Crippen LogP) is 3.62. The Morgan fingerprint density at radius 2 is 2.20 bits per heavy atom. The fraction of sp³-hybridized carbons (Fsp3) is 0.647. The summed E-state index contributed by atoms with van der Waals surface area (Å²) in [5.41, 5.74) is 2.80. The minimum Gasteiger partial charge on any atom is -0.466 e. The van der Waals surface area contributed by atoms with Gasteiger partial charge in [-0.25, -0.2) is 0 Å². The van der Waals surface area contributed by atoms with Crippen LogP contribution in [0.1, 0.15) is 56.2 Å². The quantitative estimate of drug-likeness (QED) is 0.790. The topological polar surface area (TPSA) is 39.2 Å². The van der Waals surface area contributed by atoms with E-state index in [1.165, 1.54) is 31.2 Å². The monoisotopic (exact) mass is 273 g/mol. The minimum absolute atomic E-state index is 0.0331. The summed E-state index contributed by atoms with van der Waals surface area (Å²) in [6.07, 6.45) is 7.69. The van der Waals surface area contributed by atoms with Gasteiger partial charge >= 0.3 is 5.97 Å². The highest BCUT2D eigenvalue weighted by molar-refractivity contribution is 5.77. The normalized spacial score (nSPS) is 32.1. The lowest BCUT2D eigenvalue weighted by molar-refractivity contribution is -0.145. The van der Waals surface area contributed by atoms with Gasteiger partial charge in [0.2, 0.25) is 0 Å². The first kappa shape index (κ1) is 13.6. The van der Waals surface area contributed by atoms with Crippen LogP contribution in [0.15, 0.2) is 18.3 Å². The maximum Gasteiger partial charge on any atom is 0.309 e. The number of aryl methyl sites for hydroxylation is 1. The maximum absolute atomic E-state index is 11.8. The second-order valence-electron chi connectivity index (χ2n) is 6.38. The molecule has 1 aromatic heterocycles. The van der Waals surface area contributed by atoms with Crippen molar-refractivity contribution in [3.05, 3.63) is 29.6 Å². The number of esters is 1. The van der Waals surface area contributed by atoms with E-state index in [2.05, 4.69) is 17.1 Å². The first-order chi connectivity index (χ1) is 9.64. The average molecular weight is 273 g/mol. The average Bonchev–Trinajstić information content (AvgIpc) is 3.14. The van der Waals surface area contributed by atoms with E-state index < -0.39 is 0 Å². The van der Waals surface area contributed by atoms with Gasteiger partial charge in [0, 0.05) is 11.9 Å². The highest BCUT2D eigenvalue weighted by Gasteiger charge is 2.59. The Morgan fingerprint density at radius 3 is 2.85 bits per heavy atom. The van der Waals surface area contributed by atoms with Crippen molar-refractivity contribution in [3.8, 4) is 0 Å². The molecule has 1 aromatic rings. The smallest absolute Gasteiger partial charge is 0.309 e. The lowest BCUT2D eigenvalue weighted by Gasteiger charge is -2.29. The molecular weight excluding hydrogens is 250 g/mol. The van der Waals surface area contributed by atoms with Gasteiger partial charge in [-0.3, -0.25) is 9.78 Å². The van der Waals surface area contributed by atoms with Crippen molar-refractivity contribution in [2.45, 2.75) is 51.9 Å². The molecule has 3 heteroatoms. The van der Waals surface area contributed by atoms with E-state index in [9.17, 15) is 4.79 Å². The second-order valence-corrected chi connectivity index (χ2v) is 6.38. The van der Waals surface area contributed by atoms with Crippen molar-refractivity contribution in [2.24, 2.45) is 11.3 Å². The van der Waals surface area contributed by atoms with Gasteiger partial charge < -0.3 is 4.74 Å². The SMILES string of the molecule is CCOC(=O)C1CC12CCC(c1ccnc(C)c1)CC2. The first-order valence-corrected chi connectivity index (χ1v) is 7.74. The molecule has 2 fully saturated rings. The van der Waals surface area contributed by atoms with Crippen LogP contribution in [0.25, 0.3) is 0 Å². The zero-order chi connectivity index (χ0) is 14.2. The predicted molar refractivity (Wildman–Crippen MR) is 77.4 cm³/mol. The van der Waals surface area contributed by atoms with Crippen molar-refractivity contribution in [1.29, 1.82) is 0 Å². The van der Waals surface area contributed by atoms with Gasteiger partial charge in [0.1, 0.15) is 0 Å². The van der Waals surface area contributed by atoms with Crippen LogP contribution < -0.4 is 0 Å². The first-order valence-electron chi connectivity index (χ1n) is 7.74. The lowest BCUT2D eigenvalue weighted by Crippen LogP contribution is -2.20. The molecular formula is C17H23NO2. The third-order valence-corrected chi connectivity index (χ3v) is 5.13. The largest absolute Gasteiger partial charge is 0.466 e. The highest BCUT2D eigenvalue weighted by atomic mass is 16.5. The van der Waals surface area contributed by atoms with Crippen molar-refractivity contribution in [1.82, 2.24) is 4.98 Å². The molecule has 0 aliphatic heterocycles. The Labute approximate surface area is 120 Å². The van der Waals surface area contributed by atoms with E-state index >= 15 is 0 Å². The van der Waals surface area contributed by atoms with E-state index in [0.29, 0.717) is 12.5 Å². The van der Waals surface area contributed by atoms with Crippen LogP contribution in [0.4, 0.5) is 0 Å². The van der Waals surface area contributed by atoms with Crippen LogP contribution in [0.3, 0.4) is 0 Å². The number of pyridine rings is 1. The Hall–Kier alpha value is -1.38. The Bertz CT molecular complexity index is 503. The molecule has 0 amide bonds. The number of carbonyl (C=O) groups excluding carboxylic acids is 1. The molecule has 0 bridgehead atoms. The van der Waals surface area contributed by atoms with Crippen molar-refractivity contribution >= 4 is 5.97 Å². The Kier molecular flexibility index (Phi) is 3.53. The fourth-order valence-corrected chi connectivity index (χ4v) is 3.82. The standard InChI is InChI=1S/C17H23NO2/c1-3-20-16(19)15-11-17(15)7-4-13(5-8-17)14-6-9-18-12(2)10-14/h6,9-10,13,15H,3-5,7-8,11H2,1-2H3. The van der Waals surface area contributed by atoms with Gasteiger partial charge in [-0.05, 0) is 75.0 Å². The zero-order valence-electron chi connectivity index (χ0n) is 12.4. The van der Waals surface area contributed by atoms with Crippen LogP contribution in [0, 0.1) is 18.3 Å². The molecule has 0 N–H and O–H groups in total. The minimum atomic E-state index is 0.0331. The summed E-state index contributed by atoms with van der Waals surface area (Å²) >= 11 is 0. The molecule has 0 aromatic carbocycles. The number of nitrogens with zero attached hydrogens (tertiary/aromatic N) is 1. The lowest BCUT2D eigenvalue weighted by atomic mass is 9.76.